The zero-order chi connectivity index (χ0) is 23.5. The third kappa shape index (κ3) is 5.85. The molecule has 0 bridgehead atoms. The Balaban J connectivity index is 1.83. The fourth-order valence-corrected chi connectivity index (χ4v) is 3.29. The molecule has 1 aliphatic heterocycles. The number of alkyl halides is 6. The minimum Gasteiger partial charge on any atom is -0.304 e. The predicted octanol–water partition coefficient (Wildman–Crippen LogP) is 2.95. The smallest absolute Gasteiger partial charge is 0.304 e. The summed E-state index contributed by atoms with van der Waals surface area (Å²) in [5.41, 5.74) is 1.33. The first kappa shape index (κ1) is 23.7. The number of hydrogen-bond acceptors (Lipinski definition) is 6. The van der Waals surface area contributed by atoms with Gasteiger partial charge in [-0.1, -0.05) is 0 Å². The van der Waals surface area contributed by atoms with Gasteiger partial charge in [0.1, 0.15) is 12.4 Å². The monoisotopic (exact) mass is 462 g/mol. The van der Waals surface area contributed by atoms with Crippen LogP contribution in [0, 0.1) is 0 Å². The molecule has 174 valence electrons. The molecule has 1 unspecified atom stereocenters. The Morgan fingerprint density at radius 1 is 0.938 bits per heavy atom. The fourth-order valence-electron chi connectivity index (χ4n) is 3.29. The van der Waals surface area contributed by atoms with Gasteiger partial charge in [-0.15, -0.1) is 0 Å². The van der Waals surface area contributed by atoms with Crippen molar-refractivity contribution in [1.82, 2.24) is 25.2 Å². The first-order chi connectivity index (χ1) is 14.9. The number of likely N-dealkylation sites (N-methyl/N-ethyl adjacent to an activating group) is 1. The van der Waals surface area contributed by atoms with Gasteiger partial charge >= 0.3 is 12.4 Å². The van der Waals surface area contributed by atoms with Gasteiger partial charge in [0.15, 0.2) is 0 Å². The molecule has 1 atom stereocenters. The minimum atomic E-state index is -4.99. The van der Waals surface area contributed by atoms with Crippen LogP contribution in [0.15, 0.2) is 36.9 Å². The van der Waals surface area contributed by atoms with E-state index in [1.165, 1.54) is 18.7 Å². The van der Waals surface area contributed by atoms with Crippen molar-refractivity contribution in [2.24, 2.45) is 0 Å². The molecule has 0 aliphatic carbocycles. The van der Waals surface area contributed by atoms with Crippen LogP contribution < -0.4 is 10.9 Å². The molecule has 2 heterocycles. The first-order valence-electron chi connectivity index (χ1n) is 9.48. The Hall–Kier alpha value is -2.93. The number of carbonyl (C=O) groups excluding carboxylic acids is 1. The lowest BCUT2D eigenvalue weighted by atomic mass is 10.1. The zero-order valence-electron chi connectivity index (χ0n) is 16.8. The van der Waals surface area contributed by atoms with E-state index in [0.29, 0.717) is 43.9 Å². The number of piperazine rings is 1. The Morgan fingerprint density at radius 3 is 1.97 bits per heavy atom. The van der Waals surface area contributed by atoms with Gasteiger partial charge in [0, 0.05) is 44.1 Å². The summed E-state index contributed by atoms with van der Waals surface area (Å²) < 4.78 is 78.3. The van der Waals surface area contributed by atoms with Crippen molar-refractivity contribution in [3.8, 4) is 0 Å². The second-order valence-corrected chi connectivity index (χ2v) is 7.32. The van der Waals surface area contributed by atoms with E-state index in [1.807, 2.05) is 11.9 Å². The molecule has 0 spiro atoms. The van der Waals surface area contributed by atoms with E-state index in [2.05, 4.69) is 25.7 Å². The maximum atomic E-state index is 13.1. The Morgan fingerprint density at radius 2 is 1.47 bits per heavy atom. The minimum absolute atomic E-state index is 0.0152. The van der Waals surface area contributed by atoms with Gasteiger partial charge in [-0.3, -0.25) is 20.5 Å². The van der Waals surface area contributed by atoms with E-state index in [9.17, 15) is 31.1 Å². The van der Waals surface area contributed by atoms with Crippen LogP contribution in [-0.4, -0.2) is 58.9 Å². The van der Waals surface area contributed by atoms with E-state index >= 15 is 0 Å². The van der Waals surface area contributed by atoms with E-state index < -0.39 is 41.1 Å². The van der Waals surface area contributed by atoms with Crippen LogP contribution in [0.4, 0.5) is 32.0 Å². The zero-order valence-corrected chi connectivity index (χ0v) is 16.8. The molecule has 32 heavy (non-hydrogen) atoms. The topological polar surface area (TPSA) is 73.4 Å². The predicted molar refractivity (Wildman–Crippen MR) is 102 cm³/mol. The molecular formula is C19H20F6N6O. The molecule has 1 fully saturated rings. The van der Waals surface area contributed by atoms with Crippen LogP contribution in [-0.2, 0) is 17.1 Å². The molecule has 3 rings (SSSR count). The lowest BCUT2D eigenvalue weighted by Crippen LogP contribution is -2.50. The molecule has 2 N–H and O–H groups in total. The van der Waals surface area contributed by atoms with E-state index in [-0.39, 0.29) is 6.07 Å². The third-order valence-corrected chi connectivity index (χ3v) is 4.97. The largest absolute Gasteiger partial charge is 0.416 e. The maximum absolute atomic E-state index is 13.1. The number of amides is 1. The van der Waals surface area contributed by atoms with Crippen LogP contribution in [0.3, 0.4) is 0 Å². The SMILES string of the molecule is CN1CCN(C(C(=O)NNc2cc(C(F)(F)F)cc(C(F)(F)F)c2)c2cncnc2)CC1. The number of carbonyl (C=O) groups is 1. The van der Waals surface area contributed by atoms with E-state index in [4.69, 9.17) is 0 Å². The standard InChI is InChI=1S/C19H20F6N6O/c1-30-2-4-31(5-3-30)16(12-9-26-11-27-10-12)17(32)29-28-15-7-13(18(20,21)22)6-14(8-15)19(23,24)25/h6-11,16,28H,2-5H2,1H3,(H,29,32). The Kier molecular flexibility index (Phi) is 6.88. The van der Waals surface area contributed by atoms with Crippen molar-refractivity contribution >= 4 is 11.6 Å². The van der Waals surface area contributed by atoms with Crippen molar-refractivity contribution in [3.63, 3.8) is 0 Å². The van der Waals surface area contributed by atoms with Crippen molar-refractivity contribution in [2.75, 3.05) is 38.7 Å². The average Bonchev–Trinajstić information content (AvgIpc) is 2.73. The number of hydrogen-bond donors (Lipinski definition) is 2. The van der Waals surface area contributed by atoms with Gasteiger partial charge in [-0.2, -0.15) is 26.3 Å². The fraction of sp³-hybridized carbons (Fsp3) is 0.421. The Labute approximate surface area is 179 Å². The molecule has 0 radical (unpaired) electrons. The van der Waals surface area contributed by atoms with Crippen molar-refractivity contribution in [2.45, 2.75) is 18.4 Å². The number of anilines is 1. The van der Waals surface area contributed by atoms with Crippen molar-refractivity contribution in [3.05, 3.63) is 53.6 Å². The number of rotatable bonds is 5. The van der Waals surface area contributed by atoms with Gasteiger partial charge < -0.3 is 4.90 Å². The maximum Gasteiger partial charge on any atom is 0.416 e. The van der Waals surface area contributed by atoms with Gasteiger partial charge in [-0.05, 0) is 25.2 Å². The number of nitrogens with one attached hydrogen (secondary N) is 2. The molecule has 2 aromatic rings. The van der Waals surface area contributed by atoms with Crippen LogP contribution in [0.2, 0.25) is 0 Å². The summed E-state index contributed by atoms with van der Waals surface area (Å²) in [5, 5.41) is 0. The van der Waals surface area contributed by atoms with Crippen LogP contribution in [0.1, 0.15) is 22.7 Å². The van der Waals surface area contributed by atoms with Crippen LogP contribution in [0.5, 0.6) is 0 Å². The summed E-state index contributed by atoms with van der Waals surface area (Å²) in [5.74, 6) is -0.671. The van der Waals surface area contributed by atoms with Gasteiger partial charge in [0.05, 0.1) is 16.8 Å². The van der Waals surface area contributed by atoms with Gasteiger partial charge in [0.25, 0.3) is 5.91 Å². The van der Waals surface area contributed by atoms with Gasteiger partial charge in [0.2, 0.25) is 0 Å². The number of halogens is 6. The normalized spacial score (nSPS) is 17.1. The second-order valence-electron chi connectivity index (χ2n) is 7.32. The summed E-state index contributed by atoms with van der Waals surface area (Å²) in [7, 11) is 1.92. The highest BCUT2D eigenvalue weighted by atomic mass is 19.4. The van der Waals surface area contributed by atoms with E-state index in [0.717, 1.165) is 0 Å². The Bertz CT molecular complexity index is 896. The summed E-state index contributed by atoms with van der Waals surface area (Å²) in [6, 6.07) is 0.115. The third-order valence-electron chi connectivity index (χ3n) is 4.97. The first-order valence-corrected chi connectivity index (χ1v) is 9.48. The summed E-state index contributed by atoms with van der Waals surface area (Å²) >= 11 is 0. The summed E-state index contributed by atoms with van der Waals surface area (Å²) in [6.45, 7) is 2.39. The molecule has 1 saturated heterocycles. The second kappa shape index (κ2) is 9.28. The highest BCUT2D eigenvalue weighted by molar-refractivity contribution is 5.84. The molecule has 0 saturated carbocycles. The number of nitrogens with zero attached hydrogens (tertiary/aromatic N) is 4. The van der Waals surface area contributed by atoms with Crippen LogP contribution >= 0.6 is 0 Å². The lowest BCUT2D eigenvalue weighted by molar-refractivity contribution is -0.143. The highest BCUT2D eigenvalue weighted by Crippen LogP contribution is 2.37. The highest BCUT2D eigenvalue weighted by Gasteiger charge is 2.37. The van der Waals surface area contributed by atoms with Gasteiger partial charge in [-0.25, -0.2) is 9.97 Å². The molecule has 1 aliphatic rings. The summed E-state index contributed by atoms with van der Waals surface area (Å²) in [6.07, 6.45) is -5.85. The lowest BCUT2D eigenvalue weighted by Gasteiger charge is -2.37. The van der Waals surface area contributed by atoms with Crippen LogP contribution in [0.25, 0.3) is 0 Å². The number of aromatic nitrogens is 2. The van der Waals surface area contributed by atoms with Crippen molar-refractivity contribution < 1.29 is 31.1 Å². The average molecular weight is 462 g/mol. The quantitative estimate of drug-likeness (QED) is 0.526. The number of hydrazine groups is 1. The summed E-state index contributed by atoms with van der Waals surface area (Å²) in [4.78, 5) is 24.6. The molecule has 1 amide bonds. The van der Waals surface area contributed by atoms with Crippen molar-refractivity contribution in [1.29, 1.82) is 0 Å². The number of benzene rings is 1. The molecule has 1 aromatic heterocycles. The molecule has 1 aromatic carbocycles. The molecule has 13 heteroatoms. The molecule has 7 nitrogen and oxygen atoms in total. The molecular weight excluding hydrogens is 442 g/mol. The van der Waals surface area contributed by atoms with E-state index in [1.54, 1.807) is 0 Å².